The van der Waals surface area contributed by atoms with Crippen molar-refractivity contribution in [1.29, 1.82) is 0 Å². The number of aromatic hydroxyl groups is 1. The molecule has 0 heterocycles. The molecule has 0 aliphatic carbocycles. The number of rotatable bonds is 12. The van der Waals surface area contributed by atoms with Gasteiger partial charge in [0.15, 0.2) is 6.23 Å². The van der Waals surface area contributed by atoms with Crippen LogP contribution in [0.2, 0.25) is 0 Å². The van der Waals surface area contributed by atoms with E-state index in [-0.39, 0.29) is 5.75 Å². The minimum atomic E-state index is -0.528. The normalized spacial score (nSPS) is 12.3. The number of amides is 1. The molecule has 0 aromatic heterocycles. The lowest BCUT2D eigenvalue weighted by molar-refractivity contribution is 0.0479. The van der Waals surface area contributed by atoms with Crippen molar-refractivity contribution in [3.8, 4) is 11.5 Å². The molecule has 1 unspecified atom stereocenters. The number of carbonyl (C=O) groups is 1. The van der Waals surface area contributed by atoms with Crippen LogP contribution in [0.5, 0.6) is 11.5 Å². The van der Waals surface area contributed by atoms with E-state index in [1.165, 1.54) is 23.2 Å². The van der Waals surface area contributed by atoms with Crippen molar-refractivity contribution >= 4 is 6.09 Å². The Morgan fingerprint density at radius 3 is 2.52 bits per heavy atom. The number of methoxy groups -OCH3 is 1. The Labute approximate surface area is 188 Å². The minimum Gasteiger partial charge on any atom is -0.508 e. The molecule has 1 atom stereocenters. The van der Waals surface area contributed by atoms with Crippen molar-refractivity contribution in [2.45, 2.75) is 85.8 Å². The number of ether oxygens (including phenoxy) is 2. The van der Waals surface area contributed by atoms with E-state index in [9.17, 15) is 9.90 Å². The Hall–Kier alpha value is -2.43. The second-order valence-electron chi connectivity index (χ2n) is 8.42. The number of nitrogens with zero attached hydrogens (tertiary/aromatic N) is 1. The Kier molecular flexibility index (Phi) is 11.8. The first-order valence-corrected chi connectivity index (χ1v) is 11.3. The largest absolute Gasteiger partial charge is 0.508 e. The third kappa shape index (κ3) is 9.50. The fourth-order valence-corrected chi connectivity index (χ4v) is 3.24. The average molecular weight is 432 g/mol. The van der Waals surface area contributed by atoms with Crippen LogP contribution in [-0.4, -0.2) is 36.5 Å². The first kappa shape index (κ1) is 26.6. The molecular weight excluding hydrogens is 390 g/mol. The third-order valence-corrected chi connectivity index (χ3v) is 5.37. The summed E-state index contributed by atoms with van der Waals surface area (Å²) >= 11 is 0. The molecule has 174 valence electrons. The molecule has 1 amide bonds. The molecule has 1 N–H and O–H groups in total. The molecule has 0 radical (unpaired) electrons. The van der Waals surface area contributed by atoms with Gasteiger partial charge in [-0.2, -0.15) is 0 Å². The van der Waals surface area contributed by atoms with Crippen molar-refractivity contribution in [2.24, 2.45) is 0 Å². The number of aryl methyl sites for hydroxylation is 1. The fourth-order valence-electron chi connectivity index (χ4n) is 3.24. The van der Waals surface area contributed by atoms with Gasteiger partial charge in [0.25, 0.3) is 0 Å². The highest BCUT2D eigenvalue weighted by atomic mass is 16.6. The first-order valence-electron chi connectivity index (χ1n) is 11.3. The number of hydrogen-bond donors (Lipinski definition) is 1. The fraction of sp³-hybridized carbons (Fsp3) is 0.577. The summed E-state index contributed by atoms with van der Waals surface area (Å²) in [5.74, 6) is 0.855. The molecule has 0 aliphatic rings. The summed E-state index contributed by atoms with van der Waals surface area (Å²) in [5, 5.41) is 10.8. The molecule has 0 aliphatic heterocycles. The average Bonchev–Trinajstić information content (AvgIpc) is 2.71. The second-order valence-corrected chi connectivity index (χ2v) is 8.42. The van der Waals surface area contributed by atoms with Gasteiger partial charge in [0, 0.05) is 12.6 Å². The number of phenols is 1. The topological polar surface area (TPSA) is 59.0 Å². The molecule has 5 nitrogen and oxygen atoms in total. The van der Waals surface area contributed by atoms with Gasteiger partial charge < -0.3 is 14.6 Å². The van der Waals surface area contributed by atoms with E-state index in [0.717, 1.165) is 49.7 Å². The van der Waals surface area contributed by atoms with Crippen LogP contribution in [0.25, 0.3) is 0 Å². The lowest BCUT2D eigenvalue weighted by atomic mass is 10.00. The van der Waals surface area contributed by atoms with Gasteiger partial charge in [-0.3, -0.25) is 4.90 Å². The van der Waals surface area contributed by atoms with Gasteiger partial charge in [-0.1, -0.05) is 43.1 Å². The molecule has 0 bridgehead atoms. The highest BCUT2D eigenvalue weighted by Gasteiger charge is 2.20. The number of allylic oxidation sites excluding steroid dienone is 4. The van der Waals surface area contributed by atoms with Gasteiger partial charge in [0.2, 0.25) is 0 Å². The molecule has 0 saturated carbocycles. The first-order chi connectivity index (χ1) is 14.7. The summed E-state index contributed by atoms with van der Waals surface area (Å²) in [5.41, 5.74) is 4.38. The Morgan fingerprint density at radius 2 is 1.90 bits per heavy atom. The maximum Gasteiger partial charge on any atom is 0.412 e. The Bertz CT molecular complexity index is 763. The van der Waals surface area contributed by atoms with Crippen LogP contribution in [0.1, 0.15) is 77.8 Å². The molecule has 1 aromatic carbocycles. The van der Waals surface area contributed by atoms with Crippen LogP contribution >= 0.6 is 0 Å². The number of benzene rings is 1. The van der Waals surface area contributed by atoms with Gasteiger partial charge in [0.1, 0.15) is 11.5 Å². The second kappa shape index (κ2) is 13.8. The number of unbranched alkanes of at least 4 members (excludes halogenated alkanes) is 2. The highest BCUT2D eigenvalue weighted by Crippen LogP contribution is 2.33. The Balaban J connectivity index is 3.10. The molecular formula is C26H41NO4. The monoisotopic (exact) mass is 431 g/mol. The molecule has 1 aromatic rings. The summed E-state index contributed by atoms with van der Waals surface area (Å²) in [7, 11) is 2.98. The van der Waals surface area contributed by atoms with Gasteiger partial charge in [0.05, 0.1) is 7.11 Å². The molecule has 5 heteroatoms. The summed E-state index contributed by atoms with van der Waals surface area (Å²) in [6.45, 7) is 10.3. The zero-order chi connectivity index (χ0) is 23.4. The number of carbonyl (C=O) groups excluding carboxylic acids is 1. The third-order valence-electron chi connectivity index (χ3n) is 5.37. The number of hydrogen-bond acceptors (Lipinski definition) is 4. The van der Waals surface area contributed by atoms with E-state index < -0.39 is 12.3 Å². The quantitative estimate of drug-likeness (QED) is 0.225. The summed E-state index contributed by atoms with van der Waals surface area (Å²) in [4.78, 5) is 13.3. The van der Waals surface area contributed by atoms with Crippen molar-refractivity contribution < 1.29 is 19.4 Å². The van der Waals surface area contributed by atoms with Gasteiger partial charge in [-0.05, 0) is 77.5 Å². The lowest BCUT2D eigenvalue weighted by Gasteiger charge is -2.26. The van der Waals surface area contributed by atoms with Crippen LogP contribution in [-0.2, 0) is 17.6 Å². The van der Waals surface area contributed by atoms with Gasteiger partial charge in [-0.15, -0.1) is 0 Å². The highest BCUT2D eigenvalue weighted by molar-refractivity contribution is 5.67. The molecule has 31 heavy (non-hydrogen) atoms. The van der Waals surface area contributed by atoms with Crippen LogP contribution < -0.4 is 4.74 Å². The summed E-state index contributed by atoms with van der Waals surface area (Å²) < 4.78 is 10.9. The van der Waals surface area contributed by atoms with Crippen LogP contribution in [0.15, 0.2) is 35.4 Å². The number of phenolic OH excluding ortho intramolecular Hbond substituents is 1. The lowest BCUT2D eigenvalue weighted by Crippen LogP contribution is -2.38. The maximum absolute atomic E-state index is 11.9. The van der Waals surface area contributed by atoms with Crippen LogP contribution in [0.3, 0.4) is 0 Å². The minimum absolute atomic E-state index is 0.241. The zero-order valence-corrected chi connectivity index (χ0v) is 20.5. The molecule has 1 rings (SSSR count). The van der Waals surface area contributed by atoms with Crippen molar-refractivity contribution in [3.63, 3.8) is 0 Å². The maximum atomic E-state index is 11.9. The molecule has 0 spiro atoms. The van der Waals surface area contributed by atoms with Gasteiger partial charge in [-0.25, -0.2) is 4.79 Å². The van der Waals surface area contributed by atoms with E-state index >= 15 is 0 Å². The van der Waals surface area contributed by atoms with Crippen LogP contribution in [0, 0.1) is 0 Å². The van der Waals surface area contributed by atoms with E-state index in [0.29, 0.717) is 12.2 Å². The van der Waals surface area contributed by atoms with E-state index in [4.69, 9.17) is 9.47 Å². The van der Waals surface area contributed by atoms with Crippen LogP contribution in [0.4, 0.5) is 4.79 Å². The standard InChI is InChI=1S/C26H41NO4/c1-8-9-10-14-22-17-24(28)23(16-15-20(4)13-11-12-19(2)3)25(18-22)31-21(5)27(6)26(29)30-7/h12,15,17-18,21,28H,8-11,13-14,16H2,1-7H3/b20-15+. The SMILES string of the molecule is CCCCCc1cc(O)c(C/C=C(\C)CCC=C(C)C)c(OC(C)N(C)C(=O)OC)c1. The smallest absolute Gasteiger partial charge is 0.412 e. The zero-order valence-electron chi connectivity index (χ0n) is 20.5. The van der Waals surface area contributed by atoms with E-state index in [2.05, 4.69) is 39.8 Å². The summed E-state index contributed by atoms with van der Waals surface area (Å²) in [6.07, 6.45) is 10.2. The molecule has 0 fully saturated rings. The predicted molar refractivity (Wildman–Crippen MR) is 128 cm³/mol. The van der Waals surface area contributed by atoms with Crippen molar-refractivity contribution in [2.75, 3.05) is 14.2 Å². The molecule has 0 saturated heterocycles. The summed E-state index contributed by atoms with van der Waals surface area (Å²) in [6, 6.07) is 3.84. The predicted octanol–water partition coefficient (Wildman–Crippen LogP) is 6.78. The van der Waals surface area contributed by atoms with Crippen molar-refractivity contribution in [3.05, 3.63) is 46.6 Å². The van der Waals surface area contributed by atoms with E-state index in [1.54, 1.807) is 14.0 Å². The Morgan fingerprint density at radius 1 is 1.19 bits per heavy atom. The van der Waals surface area contributed by atoms with E-state index in [1.807, 2.05) is 12.1 Å². The van der Waals surface area contributed by atoms with Gasteiger partial charge >= 0.3 is 6.09 Å². The van der Waals surface area contributed by atoms with Crippen molar-refractivity contribution in [1.82, 2.24) is 4.90 Å².